The van der Waals surface area contributed by atoms with E-state index in [1.54, 1.807) is 7.11 Å². The average molecular weight is 220 g/mol. The number of rotatable bonds is 1. The minimum atomic E-state index is -0.277. The summed E-state index contributed by atoms with van der Waals surface area (Å²) >= 11 is 0. The van der Waals surface area contributed by atoms with Gasteiger partial charge < -0.3 is 9.47 Å². The van der Waals surface area contributed by atoms with Gasteiger partial charge in [0.1, 0.15) is 17.4 Å². The largest absolute Gasteiger partial charge is 0.496 e. The minimum Gasteiger partial charge on any atom is -0.496 e. The summed E-state index contributed by atoms with van der Waals surface area (Å²) in [6.07, 6.45) is -0.0765. The number of methoxy groups -OCH3 is 1. The van der Waals surface area contributed by atoms with Gasteiger partial charge in [0.05, 0.1) is 7.11 Å². The SMILES string of the molecule is COc1c(C)ccc2c1C(=O)O[C@H](C)[C@H]2C. The Hall–Kier alpha value is -1.51. The van der Waals surface area contributed by atoms with Crippen molar-refractivity contribution in [3.05, 3.63) is 28.8 Å². The molecule has 0 saturated heterocycles. The van der Waals surface area contributed by atoms with E-state index in [0.29, 0.717) is 11.3 Å². The summed E-state index contributed by atoms with van der Waals surface area (Å²) < 4.78 is 10.6. The van der Waals surface area contributed by atoms with Crippen LogP contribution in [0, 0.1) is 6.92 Å². The van der Waals surface area contributed by atoms with Crippen molar-refractivity contribution >= 4 is 5.97 Å². The molecular weight excluding hydrogens is 204 g/mol. The Labute approximate surface area is 95.4 Å². The van der Waals surface area contributed by atoms with Crippen LogP contribution in [0.3, 0.4) is 0 Å². The second-order valence-corrected chi connectivity index (χ2v) is 4.28. The summed E-state index contributed by atoms with van der Waals surface area (Å²) in [5.41, 5.74) is 2.57. The number of cyclic esters (lactones) is 1. The molecule has 3 heteroatoms. The Balaban J connectivity index is 2.66. The van der Waals surface area contributed by atoms with Gasteiger partial charge in [-0.15, -0.1) is 0 Å². The molecule has 0 N–H and O–H groups in total. The summed E-state index contributed by atoms with van der Waals surface area (Å²) in [6, 6.07) is 3.98. The second-order valence-electron chi connectivity index (χ2n) is 4.28. The van der Waals surface area contributed by atoms with Crippen molar-refractivity contribution in [2.75, 3.05) is 7.11 Å². The van der Waals surface area contributed by atoms with E-state index in [4.69, 9.17) is 9.47 Å². The monoisotopic (exact) mass is 220 g/mol. The van der Waals surface area contributed by atoms with Crippen LogP contribution in [0.1, 0.15) is 41.3 Å². The molecule has 1 heterocycles. The van der Waals surface area contributed by atoms with Crippen molar-refractivity contribution in [3.8, 4) is 5.75 Å². The van der Waals surface area contributed by atoms with Gasteiger partial charge in [-0.05, 0) is 25.0 Å². The van der Waals surface area contributed by atoms with E-state index in [9.17, 15) is 4.79 Å². The highest BCUT2D eigenvalue weighted by Gasteiger charge is 2.33. The van der Waals surface area contributed by atoms with Gasteiger partial charge in [0.25, 0.3) is 0 Å². The molecule has 0 unspecified atom stereocenters. The van der Waals surface area contributed by atoms with E-state index in [1.165, 1.54) is 0 Å². The summed E-state index contributed by atoms with van der Waals surface area (Å²) in [5, 5.41) is 0. The number of hydrogen-bond acceptors (Lipinski definition) is 3. The molecule has 0 amide bonds. The Morgan fingerprint density at radius 3 is 2.62 bits per heavy atom. The molecule has 2 atom stereocenters. The maximum Gasteiger partial charge on any atom is 0.342 e. The lowest BCUT2D eigenvalue weighted by Crippen LogP contribution is -2.29. The molecule has 0 saturated carbocycles. The molecule has 0 aliphatic carbocycles. The molecule has 86 valence electrons. The Morgan fingerprint density at radius 1 is 1.31 bits per heavy atom. The highest BCUT2D eigenvalue weighted by molar-refractivity contribution is 5.96. The van der Waals surface area contributed by atoms with E-state index in [0.717, 1.165) is 11.1 Å². The molecule has 16 heavy (non-hydrogen) atoms. The normalized spacial score (nSPS) is 23.6. The number of carbonyl (C=O) groups is 1. The van der Waals surface area contributed by atoms with Gasteiger partial charge in [-0.2, -0.15) is 0 Å². The zero-order valence-electron chi connectivity index (χ0n) is 10.0. The third-order valence-corrected chi connectivity index (χ3v) is 3.28. The van der Waals surface area contributed by atoms with Crippen LogP contribution in [0.25, 0.3) is 0 Å². The zero-order valence-corrected chi connectivity index (χ0v) is 10.0. The Morgan fingerprint density at radius 2 is 2.00 bits per heavy atom. The lowest BCUT2D eigenvalue weighted by atomic mass is 9.88. The van der Waals surface area contributed by atoms with Gasteiger partial charge in [-0.3, -0.25) is 0 Å². The maximum atomic E-state index is 11.9. The predicted molar refractivity (Wildman–Crippen MR) is 61.0 cm³/mol. The second kappa shape index (κ2) is 3.81. The van der Waals surface area contributed by atoms with Gasteiger partial charge >= 0.3 is 5.97 Å². The number of hydrogen-bond donors (Lipinski definition) is 0. The number of ether oxygens (including phenoxy) is 2. The molecule has 0 fully saturated rings. The fourth-order valence-corrected chi connectivity index (χ4v) is 2.14. The topological polar surface area (TPSA) is 35.5 Å². The van der Waals surface area contributed by atoms with Gasteiger partial charge in [0, 0.05) is 5.92 Å². The molecular formula is C13H16O3. The first kappa shape index (κ1) is 11.0. The van der Waals surface area contributed by atoms with Crippen molar-refractivity contribution in [1.29, 1.82) is 0 Å². The number of benzene rings is 1. The highest BCUT2D eigenvalue weighted by atomic mass is 16.5. The van der Waals surface area contributed by atoms with Crippen LogP contribution in [-0.4, -0.2) is 19.2 Å². The van der Waals surface area contributed by atoms with E-state index in [1.807, 2.05) is 26.0 Å². The molecule has 1 aromatic carbocycles. The lowest BCUT2D eigenvalue weighted by molar-refractivity contribution is 0.0236. The van der Waals surface area contributed by atoms with Crippen LogP contribution in [-0.2, 0) is 4.74 Å². The van der Waals surface area contributed by atoms with Crippen molar-refractivity contribution < 1.29 is 14.3 Å². The number of fused-ring (bicyclic) bond motifs is 1. The highest BCUT2D eigenvalue weighted by Crippen LogP contribution is 2.37. The van der Waals surface area contributed by atoms with Crippen molar-refractivity contribution in [3.63, 3.8) is 0 Å². The quantitative estimate of drug-likeness (QED) is 0.682. The fourth-order valence-electron chi connectivity index (χ4n) is 2.14. The van der Waals surface area contributed by atoms with Crippen molar-refractivity contribution in [1.82, 2.24) is 0 Å². The molecule has 0 bridgehead atoms. The van der Waals surface area contributed by atoms with E-state index >= 15 is 0 Å². The summed E-state index contributed by atoms with van der Waals surface area (Å²) in [7, 11) is 1.58. The average Bonchev–Trinajstić information content (AvgIpc) is 2.25. The number of carbonyl (C=O) groups excluding carboxylic acids is 1. The maximum absolute atomic E-state index is 11.9. The van der Waals surface area contributed by atoms with Crippen LogP contribution in [0.2, 0.25) is 0 Å². The standard InChI is InChI=1S/C13H16O3/c1-7-5-6-10-8(2)9(3)16-13(14)11(10)12(7)15-4/h5-6,8-9H,1-4H3/t8-,9-/m1/s1. The molecule has 3 nitrogen and oxygen atoms in total. The molecule has 1 aliphatic heterocycles. The van der Waals surface area contributed by atoms with E-state index < -0.39 is 0 Å². The molecule has 2 rings (SSSR count). The molecule has 0 spiro atoms. The summed E-state index contributed by atoms with van der Waals surface area (Å²) in [6.45, 7) is 5.90. The third-order valence-electron chi connectivity index (χ3n) is 3.28. The third kappa shape index (κ3) is 1.47. The lowest BCUT2D eigenvalue weighted by Gasteiger charge is -2.29. The van der Waals surface area contributed by atoms with Gasteiger partial charge in [0.2, 0.25) is 0 Å². The summed E-state index contributed by atoms with van der Waals surface area (Å²) in [5.74, 6) is 0.574. The Bertz CT molecular complexity index is 437. The van der Waals surface area contributed by atoms with E-state index in [-0.39, 0.29) is 18.0 Å². The van der Waals surface area contributed by atoms with Crippen LogP contribution in [0.5, 0.6) is 5.75 Å². The fraction of sp³-hybridized carbons (Fsp3) is 0.462. The molecule has 0 radical (unpaired) electrons. The summed E-state index contributed by atoms with van der Waals surface area (Å²) in [4.78, 5) is 11.9. The van der Waals surface area contributed by atoms with Crippen LogP contribution in [0.4, 0.5) is 0 Å². The smallest absolute Gasteiger partial charge is 0.342 e. The zero-order chi connectivity index (χ0) is 11.9. The molecule has 1 aliphatic rings. The van der Waals surface area contributed by atoms with E-state index in [2.05, 4.69) is 6.92 Å². The predicted octanol–water partition coefficient (Wildman–Crippen LogP) is 2.67. The van der Waals surface area contributed by atoms with Crippen molar-refractivity contribution in [2.45, 2.75) is 32.8 Å². The molecule has 1 aromatic rings. The van der Waals surface area contributed by atoms with Crippen molar-refractivity contribution in [2.24, 2.45) is 0 Å². The van der Waals surface area contributed by atoms with Gasteiger partial charge in [-0.25, -0.2) is 4.79 Å². The van der Waals surface area contributed by atoms with Gasteiger partial charge in [0.15, 0.2) is 0 Å². The Kier molecular flexibility index (Phi) is 2.62. The first-order chi connectivity index (χ1) is 7.56. The minimum absolute atomic E-state index is 0.0765. The van der Waals surface area contributed by atoms with Crippen LogP contribution >= 0.6 is 0 Å². The number of esters is 1. The van der Waals surface area contributed by atoms with Crippen LogP contribution < -0.4 is 4.74 Å². The number of aryl methyl sites for hydroxylation is 1. The van der Waals surface area contributed by atoms with Crippen LogP contribution in [0.15, 0.2) is 12.1 Å². The van der Waals surface area contributed by atoms with Gasteiger partial charge in [-0.1, -0.05) is 19.1 Å². The molecule has 0 aromatic heterocycles. The first-order valence-electron chi connectivity index (χ1n) is 5.44. The first-order valence-corrected chi connectivity index (χ1v) is 5.44.